The first-order valence-corrected chi connectivity index (χ1v) is 7.52. The van der Waals surface area contributed by atoms with Crippen molar-refractivity contribution in [2.45, 2.75) is 25.8 Å². The maximum absolute atomic E-state index is 12.3. The summed E-state index contributed by atoms with van der Waals surface area (Å²) in [5.74, 6) is 0.264. The van der Waals surface area contributed by atoms with Gasteiger partial charge in [0.05, 0.1) is 0 Å². The number of carbonyl (C=O) groups excluding carboxylic acids is 2. The number of amides is 3. The highest BCUT2D eigenvalue weighted by Crippen LogP contribution is 2.19. The lowest BCUT2D eigenvalue weighted by molar-refractivity contribution is 0.102. The number of benzene rings is 1. The van der Waals surface area contributed by atoms with Gasteiger partial charge < -0.3 is 16.0 Å². The minimum atomic E-state index is -0.266. The van der Waals surface area contributed by atoms with Crippen LogP contribution in [0.15, 0.2) is 42.6 Å². The molecule has 1 aliphatic carbocycles. The van der Waals surface area contributed by atoms with E-state index in [1.807, 2.05) is 19.1 Å². The van der Waals surface area contributed by atoms with E-state index in [9.17, 15) is 9.59 Å². The average Bonchev–Trinajstić information content (AvgIpc) is 3.33. The molecule has 1 aromatic heterocycles. The summed E-state index contributed by atoms with van der Waals surface area (Å²) in [7, 11) is 0. The van der Waals surface area contributed by atoms with Crippen LogP contribution in [-0.4, -0.2) is 23.0 Å². The molecule has 6 nitrogen and oxygen atoms in total. The molecular weight excluding hydrogens is 292 g/mol. The summed E-state index contributed by atoms with van der Waals surface area (Å²) < 4.78 is 0. The van der Waals surface area contributed by atoms with E-state index in [1.165, 1.54) is 0 Å². The molecular formula is C17H18N4O2. The van der Waals surface area contributed by atoms with Crippen molar-refractivity contribution in [3.63, 3.8) is 0 Å². The number of urea groups is 1. The van der Waals surface area contributed by atoms with Crippen LogP contribution in [0, 0.1) is 6.92 Å². The monoisotopic (exact) mass is 310 g/mol. The lowest BCUT2D eigenvalue weighted by atomic mass is 10.2. The van der Waals surface area contributed by atoms with Gasteiger partial charge in [-0.1, -0.05) is 12.1 Å². The van der Waals surface area contributed by atoms with E-state index in [1.54, 1.807) is 30.5 Å². The minimum absolute atomic E-state index is 0.245. The van der Waals surface area contributed by atoms with Gasteiger partial charge in [-0.2, -0.15) is 0 Å². The first-order valence-electron chi connectivity index (χ1n) is 7.52. The largest absolute Gasteiger partial charge is 0.335 e. The van der Waals surface area contributed by atoms with E-state index < -0.39 is 0 Å². The van der Waals surface area contributed by atoms with E-state index in [-0.39, 0.29) is 18.0 Å². The van der Waals surface area contributed by atoms with Crippen LogP contribution in [-0.2, 0) is 0 Å². The van der Waals surface area contributed by atoms with Crippen molar-refractivity contribution in [3.8, 4) is 0 Å². The maximum atomic E-state index is 12.3. The lowest BCUT2D eigenvalue weighted by Gasteiger charge is -2.09. The zero-order chi connectivity index (χ0) is 16.2. The zero-order valence-electron chi connectivity index (χ0n) is 12.8. The molecule has 1 fully saturated rings. The SMILES string of the molecule is Cc1cccnc1NC(=O)c1cccc(NC(=O)NC2CC2)c1. The average molecular weight is 310 g/mol. The molecule has 0 aliphatic heterocycles. The molecule has 6 heteroatoms. The molecule has 1 aliphatic rings. The highest BCUT2D eigenvalue weighted by atomic mass is 16.2. The zero-order valence-corrected chi connectivity index (χ0v) is 12.8. The summed E-state index contributed by atoms with van der Waals surface area (Å²) in [4.78, 5) is 28.2. The summed E-state index contributed by atoms with van der Waals surface area (Å²) >= 11 is 0. The van der Waals surface area contributed by atoms with E-state index in [0.29, 0.717) is 17.1 Å². The van der Waals surface area contributed by atoms with E-state index in [0.717, 1.165) is 18.4 Å². The van der Waals surface area contributed by atoms with Crippen LogP contribution in [0.3, 0.4) is 0 Å². The second-order valence-electron chi connectivity index (χ2n) is 5.58. The second-order valence-corrected chi connectivity index (χ2v) is 5.58. The first kappa shape index (κ1) is 15.0. The molecule has 0 atom stereocenters. The van der Waals surface area contributed by atoms with Crippen molar-refractivity contribution < 1.29 is 9.59 Å². The van der Waals surface area contributed by atoms with Gasteiger partial charge in [0, 0.05) is 23.5 Å². The van der Waals surface area contributed by atoms with Crippen molar-refractivity contribution in [1.29, 1.82) is 0 Å². The molecule has 1 aromatic carbocycles. The Morgan fingerprint density at radius 1 is 1.13 bits per heavy atom. The Morgan fingerprint density at radius 2 is 1.96 bits per heavy atom. The van der Waals surface area contributed by atoms with Gasteiger partial charge in [0.25, 0.3) is 5.91 Å². The van der Waals surface area contributed by atoms with Gasteiger partial charge in [-0.25, -0.2) is 9.78 Å². The number of aryl methyl sites for hydroxylation is 1. The predicted octanol–water partition coefficient (Wildman–Crippen LogP) is 2.93. The number of carbonyl (C=O) groups is 2. The van der Waals surface area contributed by atoms with Crippen LogP contribution >= 0.6 is 0 Å². The highest BCUT2D eigenvalue weighted by molar-refractivity contribution is 6.05. The molecule has 0 spiro atoms. The van der Waals surface area contributed by atoms with Crippen molar-refractivity contribution in [2.24, 2.45) is 0 Å². The lowest BCUT2D eigenvalue weighted by Crippen LogP contribution is -2.30. The number of aromatic nitrogens is 1. The first-order chi connectivity index (χ1) is 11.1. The summed E-state index contributed by atoms with van der Waals surface area (Å²) in [6, 6.07) is 10.5. The van der Waals surface area contributed by atoms with Gasteiger partial charge >= 0.3 is 6.03 Å². The Morgan fingerprint density at radius 3 is 2.70 bits per heavy atom. The van der Waals surface area contributed by atoms with Gasteiger partial charge in [-0.05, 0) is 49.6 Å². The van der Waals surface area contributed by atoms with Crippen molar-refractivity contribution in [3.05, 3.63) is 53.7 Å². The molecule has 1 heterocycles. The Kier molecular flexibility index (Phi) is 4.23. The number of nitrogens with zero attached hydrogens (tertiary/aromatic N) is 1. The number of anilines is 2. The Labute approximate surface area is 134 Å². The fraction of sp³-hybridized carbons (Fsp3) is 0.235. The molecule has 118 valence electrons. The van der Waals surface area contributed by atoms with Crippen LogP contribution < -0.4 is 16.0 Å². The van der Waals surface area contributed by atoms with Crippen molar-refractivity contribution in [1.82, 2.24) is 10.3 Å². The molecule has 3 amide bonds. The van der Waals surface area contributed by atoms with Crippen molar-refractivity contribution in [2.75, 3.05) is 10.6 Å². The Hall–Kier alpha value is -2.89. The van der Waals surface area contributed by atoms with Gasteiger partial charge in [0.2, 0.25) is 0 Å². The van der Waals surface area contributed by atoms with Crippen LogP contribution in [0.5, 0.6) is 0 Å². The Bertz CT molecular complexity index is 741. The minimum Gasteiger partial charge on any atom is -0.335 e. The van der Waals surface area contributed by atoms with Gasteiger partial charge in [-0.3, -0.25) is 4.79 Å². The van der Waals surface area contributed by atoms with Crippen LogP contribution in [0.2, 0.25) is 0 Å². The smallest absolute Gasteiger partial charge is 0.319 e. The van der Waals surface area contributed by atoms with Crippen LogP contribution in [0.4, 0.5) is 16.3 Å². The second kappa shape index (κ2) is 6.48. The fourth-order valence-corrected chi connectivity index (χ4v) is 2.11. The molecule has 3 N–H and O–H groups in total. The van der Waals surface area contributed by atoms with Crippen LogP contribution in [0.1, 0.15) is 28.8 Å². The van der Waals surface area contributed by atoms with E-state index in [2.05, 4.69) is 20.9 Å². The van der Waals surface area contributed by atoms with Gasteiger partial charge in [-0.15, -0.1) is 0 Å². The highest BCUT2D eigenvalue weighted by Gasteiger charge is 2.23. The van der Waals surface area contributed by atoms with Gasteiger partial charge in [0.1, 0.15) is 5.82 Å². The van der Waals surface area contributed by atoms with Crippen LogP contribution in [0.25, 0.3) is 0 Å². The number of hydrogen-bond donors (Lipinski definition) is 3. The quantitative estimate of drug-likeness (QED) is 0.812. The molecule has 3 rings (SSSR count). The number of hydrogen-bond acceptors (Lipinski definition) is 3. The number of rotatable bonds is 4. The fourth-order valence-electron chi connectivity index (χ4n) is 2.11. The van der Waals surface area contributed by atoms with Gasteiger partial charge in [0.15, 0.2) is 0 Å². The summed E-state index contributed by atoms with van der Waals surface area (Å²) in [5.41, 5.74) is 1.92. The topological polar surface area (TPSA) is 83.1 Å². The third-order valence-electron chi connectivity index (χ3n) is 3.54. The third-order valence-corrected chi connectivity index (χ3v) is 3.54. The Balaban J connectivity index is 1.67. The summed E-state index contributed by atoms with van der Waals surface area (Å²) in [6.07, 6.45) is 3.68. The van der Waals surface area contributed by atoms with Crippen molar-refractivity contribution >= 4 is 23.4 Å². The third kappa shape index (κ3) is 4.06. The molecule has 0 bridgehead atoms. The predicted molar refractivity (Wildman–Crippen MR) is 88.5 cm³/mol. The number of pyridine rings is 1. The maximum Gasteiger partial charge on any atom is 0.319 e. The molecule has 1 saturated carbocycles. The van der Waals surface area contributed by atoms with E-state index >= 15 is 0 Å². The summed E-state index contributed by atoms with van der Waals surface area (Å²) in [6.45, 7) is 1.88. The molecule has 0 radical (unpaired) electrons. The normalized spacial score (nSPS) is 13.3. The molecule has 0 saturated heterocycles. The summed E-state index contributed by atoms with van der Waals surface area (Å²) in [5, 5.41) is 8.35. The standard InChI is InChI=1S/C17H18N4O2/c1-11-4-3-9-18-15(11)21-16(22)12-5-2-6-14(10-12)20-17(23)19-13-7-8-13/h2-6,9-10,13H,7-8H2,1H3,(H,18,21,22)(H2,19,20,23). The number of nitrogens with one attached hydrogen (secondary N) is 3. The molecule has 2 aromatic rings. The molecule has 23 heavy (non-hydrogen) atoms. The van der Waals surface area contributed by atoms with E-state index in [4.69, 9.17) is 0 Å². The molecule has 0 unspecified atom stereocenters.